The van der Waals surface area contributed by atoms with Gasteiger partial charge in [0.25, 0.3) is 5.91 Å². The number of carbonyl (C=O) groups is 4. The average Bonchev–Trinajstić information content (AvgIpc) is 2.88. The zero-order valence-electron chi connectivity index (χ0n) is 14.4. The fraction of sp³-hybridized carbons (Fsp3) is 0.444. The molecular formula is C18H18F2N2O5. The molecule has 7 nitrogen and oxygen atoms in total. The molecule has 3 amide bonds. The Kier molecular flexibility index (Phi) is 5.48. The van der Waals surface area contributed by atoms with Gasteiger partial charge in [-0.15, -0.1) is 0 Å². The molecule has 2 fully saturated rings. The molecule has 2 unspecified atom stereocenters. The molecule has 27 heavy (non-hydrogen) atoms. The number of benzene rings is 1. The smallest absolute Gasteiger partial charge is 0.326 e. The Hall–Kier alpha value is -2.84. The number of nitrogens with one attached hydrogen (secondary N) is 1. The van der Waals surface area contributed by atoms with Crippen LogP contribution >= 0.6 is 0 Å². The third kappa shape index (κ3) is 4.12. The van der Waals surface area contributed by atoms with Gasteiger partial charge in [0.05, 0.1) is 11.8 Å². The number of anilines is 1. The van der Waals surface area contributed by atoms with Crippen molar-refractivity contribution in [1.82, 2.24) is 4.90 Å². The van der Waals surface area contributed by atoms with Gasteiger partial charge in [0.2, 0.25) is 11.8 Å². The first kappa shape index (κ1) is 18.9. The summed E-state index contributed by atoms with van der Waals surface area (Å²) < 4.78 is 30.7. The molecule has 1 saturated carbocycles. The van der Waals surface area contributed by atoms with Gasteiger partial charge < -0.3 is 10.1 Å². The van der Waals surface area contributed by atoms with Gasteiger partial charge in [-0.05, 0) is 25.0 Å². The molecule has 1 heterocycles. The molecule has 0 bridgehead atoms. The van der Waals surface area contributed by atoms with Crippen molar-refractivity contribution in [3.8, 4) is 0 Å². The minimum Gasteiger partial charge on any atom is -0.454 e. The minimum absolute atomic E-state index is 0.00363. The lowest BCUT2D eigenvalue weighted by Gasteiger charge is -2.19. The summed E-state index contributed by atoms with van der Waals surface area (Å²) in [5.41, 5.74) is 0.00363. The van der Waals surface area contributed by atoms with Crippen molar-refractivity contribution in [2.24, 2.45) is 11.8 Å². The summed E-state index contributed by atoms with van der Waals surface area (Å²) in [6.07, 6.45) is 3.03. The summed E-state index contributed by atoms with van der Waals surface area (Å²) in [6, 6.07) is 2.79. The molecule has 2 atom stereocenters. The topological polar surface area (TPSA) is 92.8 Å². The number of imide groups is 1. The van der Waals surface area contributed by atoms with Crippen molar-refractivity contribution in [3.63, 3.8) is 0 Å². The summed E-state index contributed by atoms with van der Waals surface area (Å²) in [6.45, 7) is -1.22. The summed E-state index contributed by atoms with van der Waals surface area (Å²) in [5.74, 6) is -5.30. The van der Waals surface area contributed by atoms with E-state index in [0.29, 0.717) is 12.8 Å². The van der Waals surface area contributed by atoms with Crippen LogP contribution in [-0.4, -0.2) is 41.7 Å². The summed E-state index contributed by atoms with van der Waals surface area (Å²) in [7, 11) is 0. The molecule has 1 aromatic rings. The number of esters is 1. The molecule has 1 saturated heterocycles. The van der Waals surface area contributed by atoms with Crippen LogP contribution in [0.5, 0.6) is 0 Å². The Labute approximate surface area is 153 Å². The van der Waals surface area contributed by atoms with Crippen molar-refractivity contribution in [3.05, 3.63) is 29.8 Å². The van der Waals surface area contributed by atoms with Gasteiger partial charge in [-0.1, -0.05) is 12.8 Å². The summed E-state index contributed by atoms with van der Waals surface area (Å²) >= 11 is 0. The van der Waals surface area contributed by atoms with E-state index < -0.39 is 36.7 Å². The summed E-state index contributed by atoms with van der Waals surface area (Å²) in [4.78, 5) is 49.1. The Morgan fingerprint density at radius 3 is 2.30 bits per heavy atom. The zero-order chi connectivity index (χ0) is 19.6. The van der Waals surface area contributed by atoms with Crippen LogP contribution in [0.4, 0.5) is 14.5 Å². The molecule has 1 aliphatic carbocycles. The number of ether oxygens (including phenoxy) is 1. The molecule has 1 aliphatic heterocycles. The van der Waals surface area contributed by atoms with E-state index in [0.717, 1.165) is 35.9 Å². The van der Waals surface area contributed by atoms with E-state index in [9.17, 15) is 28.0 Å². The molecule has 3 rings (SSSR count). The highest BCUT2D eigenvalue weighted by Crippen LogP contribution is 2.37. The SMILES string of the molecule is O=C(COC(=O)CN1C(=O)C2CCCCC2C1=O)Nc1ccc(F)c(F)c1. The van der Waals surface area contributed by atoms with Crippen LogP contribution in [0.25, 0.3) is 0 Å². The first-order valence-corrected chi connectivity index (χ1v) is 8.62. The lowest BCUT2D eigenvalue weighted by atomic mass is 9.81. The van der Waals surface area contributed by atoms with Crippen LogP contribution < -0.4 is 5.32 Å². The molecule has 0 aromatic heterocycles. The molecule has 0 spiro atoms. The monoisotopic (exact) mass is 380 g/mol. The first-order chi connectivity index (χ1) is 12.9. The van der Waals surface area contributed by atoms with Crippen LogP contribution in [0.1, 0.15) is 25.7 Å². The third-order valence-electron chi connectivity index (χ3n) is 4.79. The van der Waals surface area contributed by atoms with Gasteiger partial charge in [-0.25, -0.2) is 8.78 Å². The van der Waals surface area contributed by atoms with Crippen molar-refractivity contribution in [2.75, 3.05) is 18.5 Å². The van der Waals surface area contributed by atoms with Crippen molar-refractivity contribution < 1.29 is 32.7 Å². The van der Waals surface area contributed by atoms with E-state index in [-0.39, 0.29) is 29.3 Å². The number of fused-ring (bicyclic) bond motifs is 1. The standard InChI is InChI=1S/C18H18F2N2O5/c19-13-6-5-10(7-14(13)20)21-15(23)9-27-16(24)8-22-17(25)11-3-1-2-4-12(11)18(22)26/h5-7,11-12H,1-4,8-9H2,(H,21,23). The Bertz CT molecular complexity index is 774. The van der Waals surface area contributed by atoms with Crippen LogP contribution in [0, 0.1) is 23.5 Å². The predicted molar refractivity (Wildman–Crippen MR) is 88.1 cm³/mol. The van der Waals surface area contributed by atoms with Gasteiger partial charge in [-0.3, -0.25) is 24.1 Å². The number of carbonyl (C=O) groups excluding carboxylic acids is 4. The Morgan fingerprint density at radius 2 is 1.70 bits per heavy atom. The maximum Gasteiger partial charge on any atom is 0.326 e. The first-order valence-electron chi connectivity index (χ1n) is 8.62. The lowest BCUT2D eigenvalue weighted by Crippen LogP contribution is -2.37. The van der Waals surface area contributed by atoms with E-state index in [1.807, 2.05) is 0 Å². The molecule has 2 aliphatic rings. The van der Waals surface area contributed by atoms with Gasteiger partial charge in [0.1, 0.15) is 6.54 Å². The Balaban J connectivity index is 1.49. The quantitative estimate of drug-likeness (QED) is 0.619. The number of hydrogen-bond acceptors (Lipinski definition) is 5. The molecule has 144 valence electrons. The molecule has 1 aromatic carbocycles. The van der Waals surface area contributed by atoms with Gasteiger partial charge in [0, 0.05) is 11.8 Å². The van der Waals surface area contributed by atoms with Gasteiger partial charge in [0.15, 0.2) is 18.2 Å². The predicted octanol–water partition coefficient (Wildman–Crippen LogP) is 1.62. The largest absolute Gasteiger partial charge is 0.454 e. The third-order valence-corrected chi connectivity index (χ3v) is 4.79. The number of hydrogen-bond donors (Lipinski definition) is 1. The van der Waals surface area contributed by atoms with Crippen LogP contribution in [-0.2, 0) is 23.9 Å². The normalized spacial score (nSPS) is 21.8. The lowest BCUT2D eigenvalue weighted by molar-refractivity contribution is -0.154. The van der Waals surface area contributed by atoms with Crippen LogP contribution in [0.2, 0.25) is 0 Å². The molecule has 1 N–H and O–H groups in total. The number of nitrogens with zero attached hydrogens (tertiary/aromatic N) is 1. The second-order valence-electron chi connectivity index (χ2n) is 6.60. The minimum atomic E-state index is -1.13. The number of rotatable bonds is 5. The van der Waals surface area contributed by atoms with Crippen LogP contribution in [0.3, 0.4) is 0 Å². The van der Waals surface area contributed by atoms with Crippen molar-refractivity contribution >= 4 is 29.4 Å². The van der Waals surface area contributed by atoms with E-state index in [2.05, 4.69) is 5.32 Å². The van der Waals surface area contributed by atoms with E-state index in [1.54, 1.807) is 0 Å². The number of halogens is 2. The van der Waals surface area contributed by atoms with Crippen LogP contribution in [0.15, 0.2) is 18.2 Å². The fourth-order valence-electron chi connectivity index (χ4n) is 3.48. The zero-order valence-corrected chi connectivity index (χ0v) is 14.4. The Morgan fingerprint density at radius 1 is 1.07 bits per heavy atom. The van der Waals surface area contributed by atoms with E-state index >= 15 is 0 Å². The van der Waals surface area contributed by atoms with E-state index in [1.165, 1.54) is 0 Å². The second kappa shape index (κ2) is 7.81. The fourth-order valence-corrected chi connectivity index (χ4v) is 3.48. The molecule has 0 radical (unpaired) electrons. The second-order valence-corrected chi connectivity index (χ2v) is 6.60. The van der Waals surface area contributed by atoms with Crippen molar-refractivity contribution in [2.45, 2.75) is 25.7 Å². The average molecular weight is 380 g/mol. The van der Waals surface area contributed by atoms with E-state index in [4.69, 9.17) is 4.74 Å². The highest BCUT2D eigenvalue weighted by molar-refractivity contribution is 6.07. The number of amides is 3. The maximum atomic E-state index is 13.1. The number of likely N-dealkylation sites (tertiary alicyclic amines) is 1. The molecular weight excluding hydrogens is 362 g/mol. The summed E-state index contributed by atoms with van der Waals surface area (Å²) in [5, 5.41) is 2.25. The highest BCUT2D eigenvalue weighted by atomic mass is 19.2. The van der Waals surface area contributed by atoms with Gasteiger partial charge in [-0.2, -0.15) is 0 Å². The maximum absolute atomic E-state index is 13.1. The highest BCUT2D eigenvalue weighted by Gasteiger charge is 2.48. The van der Waals surface area contributed by atoms with Gasteiger partial charge >= 0.3 is 5.97 Å². The van der Waals surface area contributed by atoms with Crippen molar-refractivity contribution in [1.29, 1.82) is 0 Å². The molecule has 9 heteroatoms.